The number of rotatable bonds is 0. The van der Waals surface area contributed by atoms with Crippen molar-refractivity contribution >= 4 is 0 Å². The summed E-state index contributed by atoms with van der Waals surface area (Å²) >= 11 is 0. The Morgan fingerprint density at radius 3 is 2.78 bits per heavy atom. The SMILES string of the molecule is OC1NCC12CCOC2. The molecule has 0 bridgehead atoms. The molecule has 3 nitrogen and oxygen atoms in total. The van der Waals surface area contributed by atoms with Gasteiger partial charge in [-0.05, 0) is 6.42 Å². The van der Waals surface area contributed by atoms with Crippen molar-refractivity contribution in [3.8, 4) is 0 Å². The maximum Gasteiger partial charge on any atom is 0.114 e. The summed E-state index contributed by atoms with van der Waals surface area (Å²) in [6, 6.07) is 0. The van der Waals surface area contributed by atoms with E-state index >= 15 is 0 Å². The summed E-state index contributed by atoms with van der Waals surface area (Å²) < 4.78 is 5.17. The Balaban J connectivity index is 2.06. The van der Waals surface area contributed by atoms with E-state index in [-0.39, 0.29) is 11.6 Å². The predicted molar refractivity (Wildman–Crippen MR) is 31.9 cm³/mol. The average molecular weight is 129 g/mol. The molecule has 2 rings (SSSR count). The van der Waals surface area contributed by atoms with Gasteiger partial charge in [-0.15, -0.1) is 0 Å². The molecule has 0 aromatic carbocycles. The Morgan fingerprint density at radius 1 is 1.67 bits per heavy atom. The van der Waals surface area contributed by atoms with Gasteiger partial charge in [-0.25, -0.2) is 0 Å². The molecule has 9 heavy (non-hydrogen) atoms. The lowest BCUT2D eigenvalue weighted by atomic mass is 9.79. The monoisotopic (exact) mass is 129 g/mol. The zero-order chi connectivity index (χ0) is 6.32. The minimum Gasteiger partial charge on any atom is -0.381 e. The van der Waals surface area contributed by atoms with E-state index in [0.29, 0.717) is 0 Å². The number of aliphatic hydroxyl groups excluding tert-OH is 1. The Labute approximate surface area is 54.0 Å². The fraction of sp³-hybridized carbons (Fsp3) is 1.00. The second kappa shape index (κ2) is 1.68. The van der Waals surface area contributed by atoms with Crippen molar-refractivity contribution in [1.82, 2.24) is 5.32 Å². The number of nitrogens with one attached hydrogen (secondary N) is 1. The molecule has 2 aliphatic rings. The van der Waals surface area contributed by atoms with Gasteiger partial charge in [0.05, 0.1) is 6.61 Å². The molecule has 2 unspecified atom stereocenters. The Bertz CT molecular complexity index is 120. The van der Waals surface area contributed by atoms with Crippen molar-refractivity contribution in [2.75, 3.05) is 19.8 Å². The highest BCUT2D eigenvalue weighted by Crippen LogP contribution is 2.36. The van der Waals surface area contributed by atoms with Gasteiger partial charge in [-0.1, -0.05) is 0 Å². The van der Waals surface area contributed by atoms with Gasteiger partial charge in [-0.2, -0.15) is 0 Å². The molecule has 1 spiro atoms. The maximum atomic E-state index is 9.21. The lowest BCUT2D eigenvalue weighted by Crippen LogP contribution is -2.62. The van der Waals surface area contributed by atoms with Crippen LogP contribution in [0.3, 0.4) is 0 Å². The number of ether oxygens (including phenoxy) is 1. The molecule has 2 aliphatic heterocycles. The van der Waals surface area contributed by atoms with Crippen LogP contribution in [0.15, 0.2) is 0 Å². The molecule has 0 radical (unpaired) electrons. The van der Waals surface area contributed by atoms with Gasteiger partial charge in [0.2, 0.25) is 0 Å². The van der Waals surface area contributed by atoms with Gasteiger partial charge >= 0.3 is 0 Å². The van der Waals surface area contributed by atoms with E-state index < -0.39 is 0 Å². The molecule has 0 aromatic heterocycles. The van der Waals surface area contributed by atoms with Crippen molar-refractivity contribution < 1.29 is 9.84 Å². The molecular formula is C6H11NO2. The molecule has 2 atom stereocenters. The first-order chi connectivity index (χ1) is 4.33. The molecule has 0 aromatic rings. The van der Waals surface area contributed by atoms with Crippen LogP contribution in [0.1, 0.15) is 6.42 Å². The minimum atomic E-state index is -0.306. The lowest BCUT2D eigenvalue weighted by molar-refractivity contribution is -0.0776. The first-order valence-corrected chi connectivity index (χ1v) is 3.33. The number of hydrogen-bond acceptors (Lipinski definition) is 3. The molecule has 2 saturated heterocycles. The maximum absolute atomic E-state index is 9.21. The molecular weight excluding hydrogens is 118 g/mol. The van der Waals surface area contributed by atoms with Crippen LogP contribution in [0.4, 0.5) is 0 Å². The molecule has 2 fully saturated rings. The average Bonchev–Trinajstić information content (AvgIpc) is 2.34. The van der Waals surface area contributed by atoms with Crippen LogP contribution < -0.4 is 5.32 Å². The third-order valence-electron chi connectivity index (χ3n) is 2.36. The Kier molecular flexibility index (Phi) is 1.06. The van der Waals surface area contributed by atoms with Crippen molar-refractivity contribution in [3.63, 3.8) is 0 Å². The number of aliphatic hydroxyl groups is 1. The number of hydrogen-bond donors (Lipinski definition) is 2. The summed E-state index contributed by atoms with van der Waals surface area (Å²) in [5.41, 5.74) is 0.0972. The van der Waals surface area contributed by atoms with Crippen LogP contribution in [0.2, 0.25) is 0 Å². The van der Waals surface area contributed by atoms with E-state index in [1.54, 1.807) is 0 Å². The van der Waals surface area contributed by atoms with Gasteiger partial charge in [0.1, 0.15) is 6.23 Å². The van der Waals surface area contributed by atoms with E-state index in [0.717, 1.165) is 26.2 Å². The third-order valence-corrected chi connectivity index (χ3v) is 2.36. The van der Waals surface area contributed by atoms with Gasteiger partial charge in [0, 0.05) is 18.6 Å². The normalized spacial score (nSPS) is 49.7. The first kappa shape index (κ1) is 5.65. The van der Waals surface area contributed by atoms with Crippen LogP contribution in [0.5, 0.6) is 0 Å². The first-order valence-electron chi connectivity index (χ1n) is 3.33. The minimum absolute atomic E-state index is 0.0972. The third kappa shape index (κ3) is 0.625. The Morgan fingerprint density at radius 2 is 2.56 bits per heavy atom. The highest BCUT2D eigenvalue weighted by molar-refractivity contribution is 4.98. The van der Waals surface area contributed by atoms with Crippen molar-refractivity contribution in [3.05, 3.63) is 0 Å². The highest BCUT2D eigenvalue weighted by atomic mass is 16.5. The van der Waals surface area contributed by atoms with Crippen LogP contribution in [-0.4, -0.2) is 31.1 Å². The summed E-state index contributed by atoms with van der Waals surface area (Å²) in [5, 5.41) is 12.1. The Hall–Kier alpha value is -0.120. The van der Waals surface area contributed by atoms with Crippen LogP contribution in [-0.2, 0) is 4.74 Å². The standard InChI is InChI=1S/C6H11NO2/c8-5-6(3-7-5)1-2-9-4-6/h5,7-8H,1-4H2. The van der Waals surface area contributed by atoms with Crippen LogP contribution >= 0.6 is 0 Å². The van der Waals surface area contributed by atoms with E-state index in [4.69, 9.17) is 4.74 Å². The molecule has 52 valence electrons. The summed E-state index contributed by atoms with van der Waals surface area (Å²) in [6.45, 7) is 2.48. The van der Waals surface area contributed by atoms with Gasteiger partial charge in [-0.3, -0.25) is 5.32 Å². The van der Waals surface area contributed by atoms with Gasteiger partial charge < -0.3 is 9.84 Å². The summed E-state index contributed by atoms with van der Waals surface area (Å²) in [7, 11) is 0. The van der Waals surface area contributed by atoms with E-state index in [1.165, 1.54) is 0 Å². The van der Waals surface area contributed by atoms with Crippen molar-refractivity contribution in [2.24, 2.45) is 5.41 Å². The predicted octanol–water partition coefficient (Wildman–Crippen LogP) is -0.685. The zero-order valence-electron chi connectivity index (χ0n) is 5.26. The van der Waals surface area contributed by atoms with Crippen LogP contribution in [0.25, 0.3) is 0 Å². The second-order valence-electron chi connectivity index (χ2n) is 2.95. The second-order valence-corrected chi connectivity index (χ2v) is 2.95. The lowest BCUT2D eigenvalue weighted by Gasteiger charge is -2.43. The molecule has 2 heterocycles. The molecule has 0 aliphatic carbocycles. The zero-order valence-corrected chi connectivity index (χ0v) is 5.26. The van der Waals surface area contributed by atoms with Crippen molar-refractivity contribution in [2.45, 2.75) is 12.6 Å². The summed E-state index contributed by atoms with van der Waals surface area (Å²) in [6.07, 6.45) is 0.709. The quantitative estimate of drug-likeness (QED) is 0.455. The van der Waals surface area contributed by atoms with Crippen molar-refractivity contribution in [1.29, 1.82) is 0 Å². The summed E-state index contributed by atoms with van der Waals surface area (Å²) in [5.74, 6) is 0. The highest BCUT2D eigenvalue weighted by Gasteiger charge is 2.48. The summed E-state index contributed by atoms with van der Waals surface area (Å²) in [4.78, 5) is 0. The van der Waals surface area contributed by atoms with E-state index in [2.05, 4.69) is 5.32 Å². The van der Waals surface area contributed by atoms with E-state index in [1.807, 2.05) is 0 Å². The fourth-order valence-corrected chi connectivity index (χ4v) is 1.46. The van der Waals surface area contributed by atoms with Gasteiger partial charge in [0.15, 0.2) is 0 Å². The molecule has 0 saturated carbocycles. The smallest absolute Gasteiger partial charge is 0.114 e. The molecule has 0 amide bonds. The molecule has 3 heteroatoms. The molecule has 2 N–H and O–H groups in total. The van der Waals surface area contributed by atoms with Crippen LogP contribution in [0, 0.1) is 5.41 Å². The fourth-order valence-electron chi connectivity index (χ4n) is 1.46. The van der Waals surface area contributed by atoms with Gasteiger partial charge in [0.25, 0.3) is 0 Å². The topological polar surface area (TPSA) is 41.5 Å². The van der Waals surface area contributed by atoms with E-state index in [9.17, 15) is 5.11 Å². The largest absolute Gasteiger partial charge is 0.381 e.